The number of aryl methyl sites for hydroxylation is 2. The molecule has 6 aromatic rings. The number of carbonyl (C=O) groups is 8. The van der Waals surface area contributed by atoms with E-state index < -0.39 is 35.9 Å². The molecule has 0 saturated carbocycles. The summed E-state index contributed by atoms with van der Waals surface area (Å²) in [5.41, 5.74) is 7.50. The Hall–Kier alpha value is -9.22. The first-order valence-electron chi connectivity index (χ1n) is 29.0. The second kappa shape index (κ2) is 30.0. The van der Waals surface area contributed by atoms with Gasteiger partial charge in [-0.25, -0.2) is 20.2 Å². The molecule has 5 heterocycles. The van der Waals surface area contributed by atoms with E-state index in [4.69, 9.17) is 19.0 Å². The lowest BCUT2D eigenvalue weighted by Crippen LogP contribution is -2.49. The van der Waals surface area contributed by atoms with Gasteiger partial charge in [0.2, 0.25) is 23.5 Å². The number of aromatic nitrogens is 4. The van der Waals surface area contributed by atoms with Crippen LogP contribution >= 0.6 is 0 Å². The molecule has 5 N–H and O–H groups in total. The van der Waals surface area contributed by atoms with Gasteiger partial charge in [-0.2, -0.15) is 0 Å². The Morgan fingerprint density at radius 1 is 0.756 bits per heavy atom. The van der Waals surface area contributed by atoms with Crippen molar-refractivity contribution in [3.05, 3.63) is 126 Å². The van der Waals surface area contributed by atoms with Crippen LogP contribution in [0.3, 0.4) is 0 Å². The van der Waals surface area contributed by atoms with E-state index in [0.29, 0.717) is 63.3 Å². The van der Waals surface area contributed by atoms with Crippen LogP contribution in [0, 0.1) is 5.92 Å². The van der Waals surface area contributed by atoms with Gasteiger partial charge in [-0.3, -0.25) is 38.5 Å². The lowest BCUT2D eigenvalue weighted by Gasteiger charge is -2.36. The molecular formula is C63H75N11O12. The highest BCUT2D eigenvalue weighted by Crippen LogP contribution is 2.40. The van der Waals surface area contributed by atoms with Gasteiger partial charge in [0, 0.05) is 113 Å². The number of nitrogens with one attached hydrogen (secondary N) is 5. The van der Waals surface area contributed by atoms with Crippen LogP contribution in [0.5, 0.6) is 17.2 Å². The molecule has 0 spiro atoms. The van der Waals surface area contributed by atoms with Gasteiger partial charge in [0.05, 0.1) is 50.2 Å². The average molecular weight is 1180 g/mol. The minimum absolute atomic E-state index is 0.0158. The number of pyridine rings is 1. The summed E-state index contributed by atoms with van der Waals surface area (Å²) in [6.07, 6.45) is 10.6. The number of benzene rings is 3. The maximum absolute atomic E-state index is 14.6. The second-order valence-electron chi connectivity index (χ2n) is 21.5. The van der Waals surface area contributed by atoms with Crippen molar-refractivity contribution < 1.29 is 57.4 Å². The van der Waals surface area contributed by atoms with Gasteiger partial charge in [0.25, 0.3) is 11.8 Å². The van der Waals surface area contributed by atoms with Gasteiger partial charge in [-0.15, -0.1) is 0 Å². The van der Waals surface area contributed by atoms with E-state index in [0.717, 1.165) is 35.1 Å². The van der Waals surface area contributed by atoms with Crippen molar-refractivity contribution >= 4 is 70.2 Å². The standard InChI is InChI=1S/C63H75N11O12/c1-7-65-85-30-13-12-18-48(75)17-10-11-19-57(77)66-41(3)52(76)31-40(2)60(79)67-46-22-24-49(25-23-46)86-63(82)74-38-47-32-42-15-8-9-16-44(42)37-73(47)62(81)50-33-53(83-6)54(34-51(50)74)84-29-14-20-58(78)68-56-39-72(5)59(69-56)61(80)70-55-26-21-43(35-64-55)45-27-28-71(4)36-45/h8-9,15-16,21-28,33-36,39-41,47,65H,7,10-14,17-20,29-32,37-38H2,1-6H3,(H,66,77)(H,67,79)(H,68,78)(H,64,70,80)/t40-,41+,47-/m0/s1. The van der Waals surface area contributed by atoms with Crippen LogP contribution in [0.25, 0.3) is 11.1 Å². The van der Waals surface area contributed by atoms with E-state index in [-0.39, 0.29) is 108 Å². The smallest absolute Gasteiger partial charge is 0.419 e. The van der Waals surface area contributed by atoms with Crippen molar-refractivity contribution in [3.8, 4) is 28.4 Å². The highest BCUT2D eigenvalue weighted by Gasteiger charge is 2.40. The Balaban J connectivity index is 0.840. The first kappa shape index (κ1) is 62.8. The van der Waals surface area contributed by atoms with Crippen LogP contribution in [0.2, 0.25) is 0 Å². The monoisotopic (exact) mass is 1180 g/mol. The summed E-state index contributed by atoms with van der Waals surface area (Å²) in [5, 5.41) is 11.0. The summed E-state index contributed by atoms with van der Waals surface area (Å²) >= 11 is 0. The van der Waals surface area contributed by atoms with Gasteiger partial charge in [-0.1, -0.05) is 38.1 Å². The van der Waals surface area contributed by atoms with Crippen molar-refractivity contribution in [2.45, 2.75) is 110 Å². The number of rotatable bonds is 29. The summed E-state index contributed by atoms with van der Waals surface area (Å²) in [6, 6.07) is 21.4. The van der Waals surface area contributed by atoms with Crippen molar-refractivity contribution in [1.29, 1.82) is 0 Å². The normalized spacial score (nSPS) is 14.1. The van der Waals surface area contributed by atoms with E-state index in [1.54, 1.807) is 56.3 Å². The number of carbonyl (C=O) groups excluding carboxylic acids is 8. The van der Waals surface area contributed by atoms with Crippen LogP contribution in [0.15, 0.2) is 104 Å². The number of imidazole rings is 1. The SMILES string of the molecule is CCNOCCCCC(=O)CCCCC(=O)N[C@H](C)C(=O)C[C@H](C)C(=O)Nc1ccc(OC(=O)N2C[C@@H]3Cc4ccccc4CN3C(=O)c3cc(OC)c(OCCCC(=O)Nc4cn(C)c(C(=O)Nc5ccc(-c6ccn(C)c6)cn5)n4)cc32)cc1. The number of nitrogens with zero attached hydrogens (tertiary/aromatic N) is 6. The zero-order valence-electron chi connectivity index (χ0n) is 49.4. The fourth-order valence-electron chi connectivity index (χ4n) is 10.1. The fourth-order valence-corrected chi connectivity index (χ4v) is 10.1. The zero-order chi connectivity index (χ0) is 61.3. The third-order valence-electron chi connectivity index (χ3n) is 14.8. The maximum Gasteiger partial charge on any atom is 0.419 e. The van der Waals surface area contributed by atoms with Gasteiger partial charge in [-0.05, 0) is 105 Å². The first-order valence-corrected chi connectivity index (χ1v) is 29.0. The molecule has 0 aliphatic carbocycles. The summed E-state index contributed by atoms with van der Waals surface area (Å²) in [7, 11) is 5.01. The van der Waals surface area contributed by atoms with E-state index in [9.17, 15) is 38.4 Å². The number of amides is 6. The summed E-state index contributed by atoms with van der Waals surface area (Å²) in [4.78, 5) is 124. The predicted molar refractivity (Wildman–Crippen MR) is 322 cm³/mol. The quantitative estimate of drug-likeness (QED) is 0.0218. The molecule has 2 aliphatic rings. The molecule has 3 atom stereocenters. The molecule has 8 rings (SSSR count). The number of hydroxylamine groups is 1. The fraction of sp³-hybridized carbons (Fsp3) is 0.397. The molecule has 0 saturated heterocycles. The number of Topliss-reactive ketones (excluding diaryl/α,β-unsaturated/α-hetero) is 2. The number of fused-ring (bicyclic) bond motifs is 3. The minimum atomic E-state index is -0.815. The number of ether oxygens (including phenoxy) is 3. The summed E-state index contributed by atoms with van der Waals surface area (Å²) < 4.78 is 21.3. The Kier molecular flexibility index (Phi) is 21.9. The molecule has 3 aromatic carbocycles. The third-order valence-corrected chi connectivity index (χ3v) is 14.8. The highest BCUT2D eigenvalue weighted by atomic mass is 16.6. The van der Waals surface area contributed by atoms with Crippen LogP contribution in [-0.4, -0.2) is 117 Å². The first-order chi connectivity index (χ1) is 41.5. The Morgan fingerprint density at radius 2 is 1.50 bits per heavy atom. The van der Waals surface area contributed by atoms with Crippen molar-refractivity contribution in [1.82, 2.24) is 34.8 Å². The van der Waals surface area contributed by atoms with Gasteiger partial charge < -0.3 is 54.3 Å². The number of ketones is 2. The molecule has 86 heavy (non-hydrogen) atoms. The highest BCUT2D eigenvalue weighted by molar-refractivity contribution is 6.06. The lowest BCUT2D eigenvalue weighted by atomic mass is 9.93. The minimum Gasteiger partial charge on any atom is -0.493 e. The van der Waals surface area contributed by atoms with E-state index >= 15 is 0 Å². The van der Waals surface area contributed by atoms with Crippen molar-refractivity contribution in [2.24, 2.45) is 20.0 Å². The number of unbranched alkanes of at least 4 members (excludes halogenated alkanes) is 2. The molecule has 0 bridgehead atoms. The van der Waals surface area contributed by atoms with Crippen molar-refractivity contribution in [3.63, 3.8) is 0 Å². The Labute approximate surface area is 499 Å². The lowest BCUT2D eigenvalue weighted by molar-refractivity contribution is -0.129. The number of methoxy groups -OCH3 is 1. The van der Waals surface area contributed by atoms with Gasteiger partial charge in [0.1, 0.15) is 17.4 Å². The average Bonchev–Trinajstić information content (AvgIpc) is 2.30. The molecule has 23 nitrogen and oxygen atoms in total. The van der Waals surface area contributed by atoms with Crippen LogP contribution in [0.1, 0.15) is 117 Å². The molecule has 2 aliphatic heterocycles. The predicted octanol–water partition coefficient (Wildman–Crippen LogP) is 8.34. The van der Waals surface area contributed by atoms with Crippen molar-refractivity contribution in [2.75, 3.05) is 54.3 Å². The van der Waals surface area contributed by atoms with E-state index in [1.165, 1.54) is 41.0 Å². The molecule has 0 fully saturated rings. The van der Waals surface area contributed by atoms with Gasteiger partial charge in [0.15, 0.2) is 23.1 Å². The number of hydrogen-bond acceptors (Lipinski definition) is 15. The largest absolute Gasteiger partial charge is 0.493 e. The Morgan fingerprint density at radius 3 is 2.22 bits per heavy atom. The zero-order valence-corrected chi connectivity index (χ0v) is 49.4. The molecule has 23 heteroatoms. The van der Waals surface area contributed by atoms with Crippen LogP contribution < -0.4 is 45.9 Å². The number of hydrogen-bond donors (Lipinski definition) is 5. The summed E-state index contributed by atoms with van der Waals surface area (Å²) in [6.45, 7) is 6.80. The molecule has 3 aromatic heterocycles. The second-order valence-corrected chi connectivity index (χ2v) is 21.5. The molecule has 6 amide bonds. The maximum atomic E-state index is 14.6. The van der Waals surface area contributed by atoms with E-state index in [1.807, 2.05) is 67.3 Å². The topological polar surface area (TPSA) is 276 Å². The molecular weight excluding hydrogens is 1100 g/mol. The van der Waals surface area contributed by atoms with E-state index in [2.05, 4.69) is 36.7 Å². The Bertz CT molecular complexity index is 3400. The number of anilines is 4. The molecule has 454 valence electrons. The third kappa shape index (κ3) is 17.0. The van der Waals surface area contributed by atoms with Gasteiger partial charge >= 0.3 is 6.09 Å². The summed E-state index contributed by atoms with van der Waals surface area (Å²) in [5.74, 6) is -1.69. The van der Waals surface area contributed by atoms with Crippen LogP contribution in [0.4, 0.5) is 27.8 Å². The van der Waals surface area contributed by atoms with Crippen LogP contribution in [-0.2, 0) is 55.9 Å². The molecule has 0 unspecified atom stereocenters. The molecule has 0 radical (unpaired) electrons.